The molecule has 1 N–H and O–H groups in total. The van der Waals surface area contributed by atoms with E-state index in [1.54, 1.807) is 55.7 Å². The first-order valence-corrected chi connectivity index (χ1v) is 12.1. The van der Waals surface area contributed by atoms with E-state index in [1.807, 2.05) is 19.1 Å². The zero-order chi connectivity index (χ0) is 24.7. The van der Waals surface area contributed by atoms with Crippen LogP contribution in [0, 0.1) is 6.92 Å². The van der Waals surface area contributed by atoms with Crippen LogP contribution in [0.25, 0.3) is 45.3 Å². The van der Waals surface area contributed by atoms with Gasteiger partial charge in [-0.05, 0) is 64.8 Å². The number of ether oxygens (including phenoxy) is 1. The molecule has 174 valence electrons. The number of fused-ring (bicyclic) bond motifs is 2. The molecule has 2 heterocycles. The third kappa shape index (κ3) is 4.33. The molecule has 9 heteroatoms. The van der Waals surface area contributed by atoms with Crippen LogP contribution < -0.4 is 15.7 Å². The number of nitrogens with zero attached hydrogens (tertiary/aromatic N) is 2. The fourth-order valence-corrected chi connectivity index (χ4v) is 5.39. The van der Waals surface area contributed by atoms with Crippen molar-refractivity contribution < 1.29 is 9.15 Å². The summed E-state index contributed by atoms with van der Waals surface area (Å²) in [5.74, 6) is 1.10. The molecule has 5 rings (SSSR count). The Labute approximate surface area is 215 Å². The minimum atomic E-state index is -0.371. The van der Waals surface area contributed by atoms with Crippen molar-refractivity contribution in [3.8, 4) is 17.2 Å². The Morgan fingerprint density at radius 1 is 0.971 bits per heavy atom. The number of rotatable bonds is 4. The molecular weight excluding hydrogens is 578 g/mol. The second-order valence-electron chi connectivity index (χ2n) is 7.85. The van der Waals surface area contributed by atoms with Crippen LogP contribution in [0.4, 0.5) is 0 Å². The zero-order valence-corrected chi connectivity index (χ0v) is 21.7. The lowest BCUT2D eigenvalue weighted by Crippen LogP contribution is -2.02. The van der Waals surface area contributed by atoms with E-state index in [1.165, 1.54) is 0 Å². The molecule has 5 aromatic rings. The number of halogens is 2. The first kappa shape index (κ1) is 23.2. The number of hydrogen-bond acceptors (Lipinski definition) is 6. The fraction of sp³-hybridized carbons (Fsp3) is 0.0769. The van der Waals surface area contributed by atoms with E-state index in [0.717, 1.165) is 20.1 Å². The number of methoxy groups -OCH3 is 1. The Bertz CT molecular complexity index is 1770. The summed E-state index contributed by atoms with van der Waals surface area (Å²) in [7, 11) is 1.59. The van der Waals surface area contributed by atoms with Crippen molar-refractivity contribution in [1.29, 1.82) is 0 Å². The number of aryl methyl sites for hydroxylation is 1. The molecule has 7 nitrogen and oxygen atoms in total. The van der Waals surface area contributed by atoms with E-state index < -0.39 is 0 Å². The van der Waals surface area contributed by atoms with Crippen molar-refractivity contribution in [2.75, 3.05) is 7.11 Å². The summed E-state index contributed by atoms with van der Waals surface area (Å²) in [6, 6.07) is 14.1. The van der Waals surface area contributed by atoms with E-state index in [4.69, 9.17) is 9.15 Å². The van der Waals surface area contributed by atoms with E-state index in [-0.39, 0.29) is 22.8 Å². The Balaban J connectivity index is 1.66. The van der Waals surface area contributed by atoms with Gasteiger partial charge in [0.05, 0.1) is 28.0 Å². The van der Waals surface area contributed by atoms with Gasteiger partial charge in [0, 0.05) is 26.9 Å². The molecule has 0 saturated carbocycles. The molecule has 0 amide bonds. The van der Waals surface area contributed by atoms with E-state index in [9.17, 15) is 9.59 Å². The maximum Gasteiger partial charge on any atom is 0.256 e. The Kier molecular flexibility index (Phi) is 6.12. The van der Waals surface area contributed by atoms with Gasteiger partial charge < -0.3 is 14.1 Å². The van der Waals surface area contributed by atoms with Gasteiger partial charge in [-0.1, -0.05) is 34.1 Å². The quantitative estimate of drug-likeness (QED) is 0.270. The van der Waals surface area contributed by atoms with Gasteiger partial charge in [-0.25, -0.2) is 0 Å². The minimum Gasteiger partial charge on any atom is -0.495 e. The molecule has 0 atom stereocenters. The van der Waals surface area contributed by atoms with E-state index in [0.29, 0.717) is 33.0 Å². The summed E-state index contributed by atoms with van der Waals surface area (Å²) in [4.78, 5) is 29.1. The van der Waals surface area contributed by atoms with Gasteiger partial charge in [-0.2, -0.15) is 0 Å². The van der Waals surface area contributed by atoms with Gasteiger partial charge in [0.25, 0.3) is 5.56 Å². The summed E-state index contributed by atoms with van der Waals surface area (Å²) in [5.41, 5.74) is 1.83. The van der Waals surface area contributed by atoms with Gasteiger partial charge in [-0.3, -0.25) is 9.59 Å². The molecule has 35 heavy (non-hydrogen) atoms. The van der Waals surface area contributed by atoms with Crippen molar-refractivity contribution in [2.24, 2.45) is 0 Å². The Morgan fingerprint density at radius 3 is 2.51 bits per heavy atom. The maximum atomic E-state index is 13.3. The SMILES string of the molecule is COc1c(Br)cc(Br)cc1/C=C/c1nnc(-c2cc(C)cc3c(=O)c4ccccc4c(=O)[nH]c23)o1. The first-order valence-electron chi connectivity index (χ1n) is 10.5. The standard InChI is InChI=1S/C26H17Br2N3O4/c1-13-9-18-22(29-25(33)17-6-4-3-5-16(17)23(18)32)19(10-13)26-31-30-21(35-26)8-7-14-11-15(27)12-20(28)24(14)34-2/h3-12H,1-2H3,(H,29,33)/b8-7+. The molecule has 0 unspecified atom stereocenters. The number of nitrogens with one attached hydrogen (secondary N) is 1. The predicted molar refractivity (Wildman–Crippen MR) is 144 cm³/mol. The van der Waals surface area contributed by atoms with Gasteiger partial charge >= 0.3 is 0 Å². The van der Waals surface area contributed by atoms with Crippen LogP contribution in [0.3, 0.4) is 0 Å². The average molecular weight is 595 g/mol. The summed E-state index contributed by atoms with van der Waals surface area (Å²) < 4.78 is 13.0. The molecule has 0 radical (unpaired) electrons. The summed E-state index contributed by atoms with van der Waals surface area (Å²) in [6.07, 6.45) is 3.46. The highest BCUT2D eigenvalue weighted by Gasteiger charge is 2.16. The predicted octanol–water partition coefficient (Wildman–Crippen LogP) is 6.10. The molecule has 0 aliphatic carbocycles. The van der Waals surface area contributed by atoms with Gasteiger partial charge in [0.2, 0.25) is 11.8 Å². The van der Waals surface area contributed by atoms with Crippen LogP contribution in [0.15, 0.2) is 71.5 Å². The average Bonchev–Trinajstić information content (AvgIpc) is 3.28. The van der Waals surface area contributed by atoms with Crippen LogP contribution >= 0.6 is 31.9 Å². The van der Waals surface area contributed by atoms with Crippen LogP contribution in [0.5, 0.6) is 5.75 Å². The monoisotopic (exact) mass is 593 g/mol. The number of aromatic amines is 1. The second kappa shape index (κ2) is 9.24. The minimum absolute atomic E-state index is 0.186. The number of H-pyrrole nitrogens is 1. The van der Waals surface area contributed by atoms with Crippen LogP contribution in [0.2, 0.25) is 0 Å². The summed E-state index contributed by atoms with van der Waals surface area (Å²) in [5, 5.41) is 9.34. The lowest BCUT2D eigenvalue weighted by atomic mass is 10.1. The first-order chi connectivity index (χ1) is 16.9. The molecule has 0 aliphatic heterocycles. The topological polar surface area (TPSA) is 98.1 Å². The van der Waals surface area contributed by atoms with Crippen molar-refractivity contribution >= 4 is 65.7 Å². The largest absolute Gasteiger partial charge is 0.495 e. The zero-order valence-electron chi connectivity index (χ0n) is 18.6. The summed E-state index contributed by atoms with van der Waals surface area (Å²) in [6.45, 7) is 1.87. The third-order valence-electron chi connectivity index (χ3n) is 5.50. The fourth-order valence-electron chi connectivity index (χ4n) is 3.97. The highest BCUT2D eigenvalue weighted by molar-refractivity contribution is 9.11. The Morgan fingerprint density at radius 2 is 1.74 bits per heavy atom. The number of aromatic nitrogens is 3. The molecular formula is C26H17Br2N3O4. The molecule has 0 saturated heterocycles. The van der Waals surface area contributed by atoms with E-state index >= 15 is 0 Å². The smallest absolute Gasteiger partial charge is 0.256 e. The molecule has 0 spiro atoms. The summed E-state index contributed by atoms with van der Waals surface area (Å²) >= 11 is 6.96. The van der Waals surface area contributed by atoms with Crippen molar-refractivity contribution in [3.05, 3.63) is 95.1 Å². The van der Waals surface area contributed by atoms with Crippen molar-refractivity contribution in [2.45, 2.75) is 6.92 Å². The van der Waals surface area contributed by atoms with E-state index in [2.05, 4.69) is 47.0 Å². The van der Waals surface area contributed by atoms with Gasteiger partial charge in [0.1, 0.15) is 5.75 Å². The third-order valence-corrected chi connectivity index (χ3v) is 6.55. The second-order valence-corrected chi connectivity index (χ2v) is 9.62. The van der Waals surface area contributed by atoms with Gasteiger partial charge in [0.15, 0.2) is 5.43 Å². The normalized spacial score (nSPS) is 11.5. The highest BCUT2D eigenvalue weighted by Crippen LogP contribution is 2.34. The maximum absolute atomic E-state index is 13.3. The molecule has 3 aromatic carbocycles. The highest BCUT2D eigenvalue weighted by atomic mass is 79.9. The van der Waals surface area contributed by atoms with Crippen LogP contribution in [-0.2, 0) is 0 Å². The molecule has 0 bridgehead atoms. The lowest BCUT2D eigenvalue weighted by Gasteiger charge is -2.07. The Hall–Kier alpha value is -3.56. The number of hydrogen-bond donors (Lipinski definition) is 1. The van der Waals surface area contributed by atoms with Crippen LogP contribution in [-0.4, -0.2) is 22.3 Å². The van der Waals surface area contributed by atoms with Crippen molar-refractivity contribution in [1.82, 2.24) is 15.2 Å². The van der Waals surface area contributed by atoms with Gasteiger partial charge in [-0.15, -0.1) is 10.2 Å². The van der Waals surface area contributed by atoms with Crippen molar-refractivity contribution in [3.63, 3.8) is 0 Å². The molecule has 2 aromatic heterocycles. The molecule has 0 aliphatic rings. The lowest BCUT2D eigenvalue weighted by molar-refractivity contribution is 0.411. The molecule has 0 fully saturated rings. The van der Waals surface area contributed by atoms with Crippen LogP contribution in [0.1, 0.15) is 17.0 Å². The number of benzene rings is 3.